The van der Waals surface area contributed by atoms with Crippen molar-refractivity contribution in [2.45, 2.75) is 42.2 Å². The minimum absolute atomic E-state index is 0.108. The highest BCUT2D eigenvalue weighted by Crippen LogP contribution is 2.32. The van der Waals surface area contributed by atoms with Crippen LogP contribution in [-0.4, -0.2) is 37.5 Å². The average Bonchev–Trinajstić information content (AvgIpc) is 2.74. The second kappa shape index (κ2) is 8.58. The number of phenolic OH excluding ortho intramolecular Hbond substituents is 2. The van der Waals surface area contributed by atoms with E-state index in [0.717, 1.165) is 34.2 Å². The van der Waals surface area contributed by atoms with E-state index in [-0.39, 0.29) is 23.0 Å². The van der Waals surface area contributed by atoms with Crippen LogP contribution in [0.5, 0.6) is 11.5 Å². The number of thioether (sulfide) groups is 2. The molecule has 0 fully saturated rings. The minimum atomic E-state index is -0.282. The van der Waals surface area contributed by atoms with E-state index in [2.05, 4.69) is 9.97 Å². The Bertz CT molecular complexity index is 768. The lowest BCUT2D eigenvalue weighted by Crippen LogP contribution is -2.04. The lowest BCUT2D eigenvalue weighted by Gasteiger charge is -2.11. The number of rotatable bonds is 4. The van der Waals surface area contributed by atoms with Gasteiger partial charge < -0.3 is 10.2 Å². The molecule has 0 bridgehead atoms. The van der Waals surface area contributed by atoms with E-state index in [1.165, 1.54) is 49.2 Å². The van der Waals surface area contributed by atoms with Crippen molar-refractivity contribution in [2.24, 2.45) is 0 Å². The summed E-state index contributed by atoms with van der Waals surface area (Å²) in [6.07, 6.45) is 7.31. The Kier molecular flexibility index (Phi) is 6.20. The zero-order chi connectivity index (χ0) is 17.6. The van der Waals surface area contributed by atoms with Crippen LogP contribution in [0, 0.1) is 0 Å². The van der Waals surface area contributed by atoms with Crippen molar-refractivity contribution >= 4 is 29.3 Å². The number of aromatic nitrogens is 2. The van der Waals surface area contributed by atoms with Crippen molar-refractivity contribution in [3.63, 3.8) is 0 Å². The van der Waals surface area contributed by atoms with Crippen LogP contribution in [-0.2, 0) is 6.42 Å². The molecule has 5 nitrogen and oxygen atoms in total. The second-order valence-electron chi connectivity index (χ2n) is 5.89. The Hall–Kier alpha value is -1.73. The van der Waals surface area contributed by atoms with Crippen LogP contribution in [0.15, 0.2) is 34.6 Å². The van der Waals surface area contributed by atoms with Gasteiger partial charge in [0, 0.05) is 11.1 Å². The highest BCUT2D eigenvalue weighted by atomic mass is 32.2. The highest BCUT2D eigenvalue weighted by molar-refractivity contribution is 8.00. The number of carbonyl (C=O) groups is 1. The molecule has 0 aliphatic carbocycles. The lowest BCUT2D eigenvalue weighted by molar-refractivity contribution is 0.102. The molecule has 7 heteroatoms. The molecule has 3 rings (SSSR count). The highest BCUT2D eigenvalue weighted by Gasteiger charge is 2.16. The van der Waals surface area contributed by atoms with Crippen LogP contribution in [0.1, 0.15) is 41.6 Å². The summed E-state index contributed by atoms with van der Waals surface area (Å²) >= 11 is 3.19. The molecule has 1 aliphatic rings. The largest absolute Gasteiger partial charge is 0.504 e. The normalized spacial score (nSPS) is 14.9. The molecule has 1 aromatic carbocycles. The molecule has 0 amide bonds. The van der Waals surface area contributed by atoms with Crippen molar-refractivity contribution in [2.75, 3.05) is 11.5 Å². The molecule has 25 heavy (non-hydrogen) atoms. The van der Waals surface area contributed by atoms with Gasteiger partial charge >= 0.3 is 0 Å². The van der Waals surface area contributed by atoms with Gasteiger partial charge in [0.1, 0.15) is 16.4 Å². The van der Waals surface area contributed by atoms with Crippen LogP contribution in [0.3, 0.4) is 0 Å². The molecule has 0 unspecified atom stereocenters. The van der Waals surface area contributed by atoms with Crippen molar-refractivity contribution in [3.05, 3.63) is 35.7 Å². The first-order valence-corrected chi connectivity index (χ1v) is 10.3. The number of hydrogen-bond acceptors (Lipinski definition) is 7. The molecule has 0 saturated carbocycles. The van der Waals surface area contributed by atoms with E-state index in [0.29, 0.717) is 5.56 Å². The number of phenols is 2. The van der Waals surface area contributed by atoms with Crippen molar-refractivity contribution in [1.29, 1.82) is 0 Å². The number of fused-ring (bicyclic) bond motifs is 1. The van der Waals surface area contributed by atoms with Crippen LogP contribution in [0.25, 0.3) is 0 Å². The van der Waals surface area contributed by atoms with Gasteiger partial charge in [-0.2, -0.15) is 0 Å². The zero-order valence-corrected chi connectivity index (χ0v) is 15.4. The van der Waals surface area contributed by atoms with Gasteiger partial charge in [-0.15, -0.1) is 11.8 Å². The molecule has 0 spiro atoms. The Morgan fingerprint density at radius 1 is 1.12 bits per heavy atom. The van der Waals surface area contributed by atoms with E-state index in [1.54, 1.807) is 18.1 Å². The summed E-state index contributed by atoms with van der Waals surface area (Å²) < 4.78 is 0. The van der Waals surface area contributed by atoms with Crippen molar-refractivity contribution in [3.8, 4) is 11.5 Å². The first-order valence-electron chi connectivity index (χ1n) is 8.30. The van der Waals surface area contributed by atoms with Gasteiger partial charge in [-0.05, 0) is 43.2 Å². The maximum Gasteiger partial charge on any atom is 0.173 e. The molecular formula is C18H20N2O3S2. The van der Waals surface area contributed by atoms with E-state index in [9.17, 15) is 15.0 Å². The predicted octanol–water partition coefficient (Wildman–Crippen LogP) is 4.07. The van der Waals surface area contributed by atoms with Gasteiger partial charge in [-0.25, -0.2) is 9.97 Å². The number of hydrogen-bond donors (Lipinski definition) is 2. The molecule has 1 aromatic heterocycles. The summed E-state index contributed by atoms with van der Waals surface area (Å²) in [4.78, 5) is 21.2. The first kappa shape index (κ1) is 18.1. The predicted molar refractivity (Wildman–Crippen MR) is 99.8 cm³/mol. The SMILES string of the molecule is O=C(CSc1ncnc2c1CCCCCCS2)c1ccc(O)c(O)c1. The van der Waals surface area contributed by atoms with Crippen molar-refractivity contribution < 1.29 is 15.0 Å². The summed E-state index contributed by atoms with van der Waals surface area (Å²) in [5.41, 5.74) is 1.53. The Labute approximate surface area is 155 Å². The quantitative estimate of drug-likeness (QED) is 0.360. The van der Waals surface area contributed by atoms with Crippen molar-refractivity contribution in [1.82, 2.24) is 9.97 Å². The van der Waals surface area contributed by atoms with Crippen LogP contribution >= 0.6 is 23.5 Å². The molecule has 0 radical (unpaired) electrons. The number of Topliss-reactive ketones (excluding diaryl/α,β-unsaturated/α-hetero) is 1. The number of ketones is 1. The average molecular weight is 377 g/mol. The summed E-state index contributed by atoms with van der Waals surface area (Å²) in [7, 11) is 0. The first-order chi connectivity index (χ1) is 12.1. The fourth-order valence-corrected chi connectivity index (χ4v) is 4.71. The monoisotopic (exact) mass is 376 g/mol. The molecule has 2 N–H and O–H groups in total. The van der Waals surface area contributed by atoms with Gasteiger partial charge in [0.15, 0.2) is 17.3 Å². The lowest BCUT2D eigenvalue weighted by atomic mass is 10.1. The number of nitrogens with zero attached hydrogens (tertiary/aromatic N) is 2. The second-order valence-corrected chi connectivity index (χ2v) is 7.94. The number of aromatic hydroxyl groups is 2. The Morgan fingerprint density at radius 3 is 2.80 bits per heavy atom. The van der Waals surface area contributed by atoms with Gasteiger partial charge in [0.25, 0.3) is 0 Å². The van der Waals surface area contributed by atoms with Crippen LogP contribution in [0.4, 0.5) is 0 Å². The summed E-state index contributed by atoms with van der Waals surface area (Å²) in [5, 5.41) is 20.8. The third-order valence-electron chi connectivity index (χ3n) is 4.06. The van der Waals surface area contributed by atoms with E-state index in [4.69, 9.17) is 0 Å². The van der Waals surface area contributed by atoms with Gasteiger partial charge in [0.05, 0.1) is 5.75 Å². The minimum Gasteiger partial charge on any atom is -0.504 e. The fraction of sp³-hybridized carbons (Fsp3) is 0.389. The Balaban J connectivity index is 1.73. The van der Waals surface area contributed by atoms with Gasteiger partial charge in [-0.1, -0.05) is 24.6 Å². The summed E-state index contributed by atoms with van der Waals surface area (Å²) in [6.45, 7) is 0. The molecule has 132 valence electrons. The maximum absolute atomic E-state index is 12.4. The third-order valence-corrected chi connectivity index (χ3v) is 6.21. The molecule has 2 heterocycles. The standard InChI is InChI=1S/C18H20N2O3S2/c21-14-7-6-12(9-15(14)22)16(23)10-25-18-13-5-3-1-2-4-8-24-17(13)19-11-20-18/h6-7,9,11,21-22H,1-5,8,10H2. The Morgan fingerprint density at radius 2 is 1.96 bits per heavy atom. The molecule has 0 saturated heterocycles. The zero-order valence-electron chi connectivity index (χ0n) is 13.8. The summed E-state index contributed by atoms with van der Waals surface area (Å²) in [6, 6.07) is 4.14. The van der Waals surface area contributed by atoms with E-state index < -0.39 is 0 Å². The fourth-order valence-electron chi connectivity index (χ4n) is 2.68. The molecule has 1 aliphatic heterocycles. The van der Waals surface area contributed by atoms with E-state index in [1.807, 2.05) is 0 Å². The van der Waals surface area contributed by atoms with Crippen LogP contribution < -0.4 is 0 Å². The molecule has 0 atom stereocenters. The number of benzene rings is 1. The summed E-state index contributed by atoms with van der Waals surface area (Å²) in [5.74, 6) is 0.687. The van der Waals surface area contributed by atoms with Gasteiger partial charge in [0.2, 0.25) is 0 Å². The van der Waals surface area contributed by atoms with Gasteiger partial charge in [-0.3, -0.25) is 4.79 Å². The third kappa shape index (κ3) is 4.67. The number of carbonyl (C=O) groups excluding carboxylic acids is 1. The van der Waals surface area contributed by atoms with Crippen LogP contribution in [0.2, 0.25) is 0 Å². The molecular weight excluding hydrogens is 356 g/mol. The van der Waals surface area contributed by atoms with E-state index >= 15 is 0 Å². The molecule has 2 aromatic rings. The maximum atomic E-state index is 12.4. The smallest absolute Gasteiger partial charge is 0.173 e. The topological polar surface area (TPSA) is 83.3 Å².